The normalized spacial score (nSPS) is 10.9. The first-order valence-corrected chi connectivity index (χ1v) is 6.31. The molecule has 0 spiro atoms. The van der Waals surface area contributed by atoms with Crippen molar-refractivity contribution in [3.05, 3.63) is 46.6 Å². The molecular weight excluding hydrogens is 254 g/mol. The second-order valence-corrected chi connectivity index (χ2v) is 4.63. The second kappa shape index (κ2) is 4.56. The predicted molar refractivity (Wildman–Crippen MR) is 79.8 cm³/mol. The van der Waals surface area contributed by atoms with Gasteiger partial charge in [0.25, 0.3) is 0 Å². The van der Waals surface area contributed by atoms with Crippen LogP contribution < -0.4 is 14.9 Å². The molecule has 0 aliphatic heterocycles. The largest absolute Gasteiger partial charge is 0.497 e. The molecule has 1 heterocycles. The van der Waals surface area contributed by atoms with Gasteiger partial charge in [0.1, 0.15) is 11.5 Å². The Bertz CT molecular complexity index is 865. The minimum Gasteiger partial charge on any atom is -0.497 e. The minimum atomic E-state index is -0.00843. The number of aryl methyl sites for hydroxylation is 1. The molecule has 1 aromatic heterocycles. The summed E-state index contributed by atoms with van der Waals surface area (Å²) in [6.07, 6.45) is 0. The fourth-order valence-electron chi connectivity index (χ4n) is 2.60. The van der Waals surface area contributed by atoms with Gasteiger partial charge in [-0.25, -0.2) is 0 Å². The molecule has 2 aromatic carbocycles. The lowest BCUT2D eigenvalue weighted by Gasteiger charge is -2.14. The summed E-state index contributed by atoms with van der Waals surface area (Å²) in [7, 11) is 5.10. The van der Waals surface area contributed by atoms with E-state index in [1.165, 1.54) is 0 Å². The van der Waals surface area contributed by atoms with E-state index in [1.54, 1.807) is 26.4 Å². The molecule has 3 rings (SSSR count). The molecule has 0 unspecified atom stereocenters. The van der Waals surface area contributed by atoms with E-state index >= 15 is 0 Å². The Balaban J connectivity index is 2.62. The van der Waals surface area contributed by atoms with E-state index in [4.69, 9.17) is 9.47 Å². The molecule has 0 radical (unpaired) electrons. The van der Waals surface area contributed by atoms with Crippen LogP contribution in [0.15, 0.2) is 41.2 Å². The van der Waals surface area contributed by atoms with Crippen LogP contribution in [-0.2, 0) is 7.05 Å². The van der Waals surface area contributed by atoms with E-state index in [0.29, 0.717) is 22.3 Å². The number of fused-ring (bicyclic) bond motifs is 2. The van der Waals surface area contributed by atoms with Gasteiger partial charge in [-0.3, -0.25) is 4.79 Å². The van der Waals surface area contributed by atoms with E-state index in [-0.39, 0.29) is 5.43 Å². The smallest absolute Gasteiger partial charge is 0.197 e. The lowest BCUT2D eigenvalue weighted by atomic mass is 10.1. The molecule has 0 saturated carbocycles. The summed E-state index contributed by atoms with van der Waals surface area (Å²) in [6, 6.07) is 11.1. The zero-order chi connectivity index (χ0) is 14.3. The maximum absolute atomic E-state index is 12.7. The van der Waals surface area contributed by atoms with Crippen LogP contribution in [0.25, 0.3) is 21.8 Å². The number of nitrogens with zero attached hydrogens (tertiary/aromatic N) is 1. The minimum absolute atomic E-state index is 0.00843. The summed E-state index contributed by atoms with van der Waals surface area (Å²) in [4.78, 5) is 12.7. The number of rotatable bonds is 2. The molecule has 0 aliphatic carbocycles. The molecule has 0 fully saturated rings. The van der Waals surface area contributed by atoms with Gasteiger partial charge in [0.15, 0.2) is 5.43 Å². The van der Waals surface area contributed by atoms with Crippen LogP contribution in [0.1, 0.15) is 0 Å². The second-order valence-electron chi connectivity index (χ2n) is 4.63. The van der Waals surface area contributed by atoms with Gasteiger partial charge < -0.3 is 14.0 Å². The fraction of sp³-hybridized carbons (Fsp3) is 0.188. The van der Waals surface area contributed by atoms with E-state index in [2.05, 4.69) is 0 Å². The van der Waals surface area contributed by atoms with Crippen LogP contribution >= 0.6 is 0 Å². The molecule has 4 nitrogen and oxygen atoms in total. The van der Waals surface area contributed by atoms with Gasteiger partial charge in [0.2, 0.25) is 0 Å². The number of para-hydroxylation sites is 1. The first kappa shape index (κ1) is 12.5. The summed E-state index contributed by atoms with van der Waals surface area (Å²) in [5.74, 6) is 1.24. The van der Waals surface area contributed by atoms with Gasteiger partial charge in [0.05, 0.1) is 30.6 Å². The molecule has 0 amide bonds. The van der Waals surface area contributed by atoms with Crippen molar-refractivity contribution >= 4 is 21.8 Å². The highest BCUT2D eigenvalue weighted by Gasteiger charge is 2.14. The average molecular weight is 269 g/mol. The first-order valence-electron chi connectivity index (χ1n) is 6.31. The van der Waals surface area contributed by atoms with Gasteiger partial charge in [-0.15, -0.1) is 0 Å². The third-order valence-corrected chi connectivity index (χ3v) is 3.59. The highest BCUT2D eigenvalue weighted by Crippen LogP contribution is 2.31. The van der Waals surface area contributed by atoms with Crippen molar-refractivity contribution in [2.45, 2.75) is 0 Å². The van der Waals surface area contributed by atoms with Crippen molar-refractivity contribution in [3.8, 4) is 11.5 Å². The highest BCUT2D eigenvalue weighted by atomic mass is 16.5. The molecule has 20 heavy (non-hydrogen) atoms. The van der Waals surface area contributed by atoms with Crippen molar-refractivity contribution in [2.75, 3.05) is 14.2 Å². The highest BCUT2D eigenvalue weighted by molar-refractivity contribution is 5.96. The van der Waals surface area contributed by atoms with Crippen molar-refractivity contribution in [1.29, 1.82) is 0 Å². The zero-order valence-corrected chi connectivity index (χ0v) is 11.6. The van der Waals surface area contributed by atoms with Crippen LogP contribution in [0.4, 0.5) is 0 Å². The number of methoxy groups -OCH3 is 2. The number of hydrogen-bond donors (Lipinski definition) is 0. The van der Waals surface area contributed by atoms with Crippen molar-refractivity contribution < 1.29 is 9.47 Å². The summed E-state index contributed by atoms with van der Waals surface area (Å²) in [5.41, 5.74) is 1.65. The molecule has 0 aliphatic rings. The van der Waals surface area contributed by atoms with Crippen molar-refractivity contribution in [3.63, 3.8) is 0 Å². The number of pyridine rings is 1. The molecule has 0 atom stereocenters. The van der Waals surface area contributed by atoms with E-state index < -0.39 is 0 Å². The standard InChI is InChI=1S/C16H15NO3/c1-17-13-7-5-4-6-11(13)16(18)12-8-10(19-2)9-14(20-3)15(12)17/h4-9H,1-3H3. The number of ether oxygens (including phenoxy) is 2. The van der Waals surface area contributed by atoms with E-state index in [0.717, 1.165) is 11.0 Å². The number of aromatic nitrogens is 1. The van der Waals surface area contributed by atoms with Gasteiger partial charge in [-0.05, 0) is 18.2 Å². The number of benzene rings is 2. The fourth-order valence-corrected chi connectivity index (χ4v) is 2.60. The molecule has 0 saturated heterocycles. The molecule has 3 aromatic rings. The number of hydrogen-bond acceptors (Lipinski definition) is 3. The van der Waals surface area contributed by atoms with Crippen LogP contribution in [0.3, 0.4) is 0 Å². The summed E-state index contributed by atoms with van der Waals surface area (Å²) in [6.45, 7) is 0. The summed E-state index contributed by atoms with van der Waals surface area (Å²) < 4.78 is 12.6. The van der Waals surface area contributed by atoms with Crippen molar-refractivity contribution in [1.82, 2.24) is 4.57 Å². The first-order chi connectivity index (χ1) is 9.67. The Morgan fingerprint density at radius 2 is 1.75 bits per heavy atom. The SMILES string of the molecule is COc1cc(OC)c2c(c1)c(=O)c1ccccc1n2C. The monoisotopic (exact) mass is 269 g/mol. The molecule has 0 N–H and O–H groups in total. The van der Waals surface area contributed by atoms with Crippen molar-refractivity contribution in [2.24, 2.45) is 7.05 Å². The third kappa shape index (κ3) is 1.65. The zero-order valence-electron chi connectivity index (χ0n) is 11.6. The van der Waals surface area contributed by atoms with Crippen LogP contribution in [-0.4, -0.2) is 18.8 Å². The van der Waals surface area contributed by atoms with Gasteiger partial charge in [0, 0.05) is 18.5 Å². The Morgan fingerprint density at radius 3 is 2.45 bits per heavy atom. The Kier molecular flexibility index (Phi) is 2.86. The van der Waals surface area contributed by atoms with Gasteiger partial charge in [-0.1, -0.05) is 12.1 Å². The molecule has 4 heteroatoms. The average Bonchev–Trinajstić information content (AvgIpc) is 2.51. The third-order valence-electron chi connectivity index (χ3n) is 3.59. The molecule has 0 bridgehead atoms. The predicted octanol–water partition coefficient (Wildman–Crippen LogP) is 2.71. The molecular formula is C16H15NO3. The van der Waals surface area contributed by atoms with E-state index in [9.17, 15) is 4.79 Å². The van der Waals surface area contributed by atoms with Gasteiger partial charge >= 0.3 is 0 Å². The topological polar surface area (TPSA) is 40.5 Å². The van der Waals surface area contributed by atoms with Gasteiger partial charge in [-0.2, -0.15) is 0 Å². The lowest BCUT2D eigenvalue weighted by Crippen LogP contribution is -2.10. The summed E-state index contributed by atoms with van der Waals surface area (Å²) >= 11 is 0. The van der Waals surface area contributed by atoms with Crippen LogP contribution in [0.5, 0.6) is 11.5 Å². The Morgan fingerprint density at radius 1 is 1.00 bits per heavy atom. The van der Waals surface area contributed by atoms with Crippen LogP contribution in [0, 0.1) is 0 Å². The maximum atomic E-state index is 12.7. The van der Waals surface area contributed by atoms with Crippen LogP contribution in [0.2, 0.25) is 0 Å². The Labute approximate surface area is 116 Å². The summed E-state index contributed by atoms with van der Waals surface area (Å²) in [5, 5.41) is 1.29. The quantitative estimate of drug-likeness (QED) is 0.672. The Hall–Kier alpha value is -2.49. The lowest BCUT2D eigenvalue weighted by molar-refractivity contribution is 0.397. The molecule has 102 valence electrons. The van der Waals surface area contributed by atoms with E-state index in [1.807, 2.05) is 35.9 Å². The maximum Gasteiger partial charge on any atom is 0.197 e.